The molecule has 2 aliphatic carbocycles. The number of aliphatic carboxylic acids is 1. The number of likely N-dealkylation sites (tertiary alicyclic amines) is 1. The van der Waals surface area contributed by atoms with E-state index in [0.29, 0.717) is 32.2 Å². The molecular formula is C27H30N2O5. The highest BCUT2D eigenvalue weighted by molar-refractivity contribution is 5.86. The molecule has 2 aromatic rings. The van der Waals surface area contributed by atoms with E-state index in [2.05, 4.69) is 29.6 Å². The second-order valence-electron chi connectivity index (χ2n) is 9.76. The molecule has 3 aliphatic rings. The summed E-state index contributed by atoms with van der Waals surface area (Å²) in [7, 11) is 0. The van der Waals surface area contributed by atoms with Gasteiger partial charge in [0.05, 0.1) is 0 Å². The summed E-state index contributed by atoms with van der Waals surface area (Å²) >= 11 is 0. The molecule has 7 nitrogen and oxygen atoms in total. The third-order valence-corrected chi connectivity index (χ3v) is 7.68. The highest BCUT2D eigenvalue weighted by atomic mass is 16.5. The number of benzene rings is 2. The maximum atomic E-state index is 13.0. The van der Waals surface area contributed by atoms with Gasteiger partial charge in [0.25, 0.3) is 0 Å². The number of rotatable bonds is 5. The number of hydrogen-bond donors (Lipinski definition) is 2. The molecule has 2 N–H and O–H groups in total. The standard InChI is InChI=1S/C27H30N2O5/c1-16-12-13-29(24(16)26(31)32)25(30)17-10-11-18(14-17)28-27(33)34-15-23-21-8-4-2-6-19(21)20-7-3-5-9-22(20)23/h2-9,16-18,23-24H,10-15H2,1H3,(H,28,33)(H,31,32)/t16?,17-,18+,24?/m0/s1. The molecule has 178 valence electrons. The lowest BCUT2D eigenvalue weighted by Crippen LogP contribution is -2.45. The molecule has 0 bridgehead atoms. The van der Waals surface area contributed by atoms with Gasteiger partial charge in [-0.05, 0) is 53.9 Å². The molecule has 0 spiro atoms. The highest BCUT2D eigenvalue weighted by Crippen LogP contribution is 2.44. The van der Waals surface area contributed by atoms with Crippen LogP contribution in [0.25, 0.3) is 11.1 Å². The second-order valence-corrected chi connectivity index (χ2v) is 9.76. The molecule has 0 radical (unpaired) electrons. The Hall–Kier alpha value is -3.35. The van der Waals surface area contributed by atoms with Crippen LogP contribution in [0.15, 0.2) is 48.5 Å². The van der Waals surface area contributed by atoms with Crippen molar-refractivity contribution in [3.05, 3.63) is 59.7 Å². The Balaban J connectivity index is 1.16. The van der Waals surface area contributed by atoms with Crippen molar-refractivity contribution in [2.24, 2.45) is 11.8 Å². The van der Waals surface area contributed by atoms with Crippen molar-refractivity contribution in [3.8, 4) is 11.1 Å². The Bertz CT molecular complexity index is 1070. The number of fused-ring (bicyclic) bond motifs is 3. The van der Waals surface area contributed by atoms with Crippen LogP contribution in [0.3, 0.4) is 0 Å². The summed E-state index contributed by atoms with van der Waals surface area (Å²) in [5, 5.41) is 12.4. The van der Waals surface area contributed by atoms with E-state index in [1.54, 1.807) is 0 Å². The lowest BCUT2D eigenvalue weighted by molar-refractivity contribution is -0.151. The predicted molar refractivity (Wildman–Crippen MR) is 126 cm³/mol. The smallest absolute Gasteiger partial charge is 0.407 e. The minimum Gasteiger partial charge on any atom is -0.480 e. The summed E-state index contributed by atoms with van der Waals surface area (Å²) in [6.45, 7) is 2.61. The molecule has 34 heavy (non-hydrogen) atoms. The fraction of sp³-hybridized carbons (Fsp3) is 0.444. The largest absolute Gasteiger partial charge is 0.480 e. The van der Waals surface area contributed by atoms with E-state index >= 15 is 0 Å². The summed E-state index contributed by atoms with van der Waals surface area (Å²) < 4.78 is 5.64. The number of hydrogen-bond acceptors (Lipinski definition) is 4. The third-order valence-electron chi connectivity index (χ3n) is 7.68. The van der Waals surface area contributed by atoms with Crippen molar-refractivity contribution < 1.29 is 24.2 Å². The zero-order valence-corrected chi connectivity index (χ0v) is 19.3. The van der Waals surface area contributed by atoms with Gasteiger partial charge in [-0.15, -0.1) is 0 Å². The Morgan fingerprint density at radius 3 is 2.29 bits per heavy atom. The van der Waals surface area contributed by atoms with Crippen molar-refractivity contribution >= 4 is 18.0 Å². The van der Waals surface area contributed by atoms with Gasteiger partial charge in [0, 0.05) is 24.4 Å². The number of carbonyl (C=O) groups is 3. The van der Waals surface area contributed by atoms with Crippen molar-refractivity contribution in [1.29, 1.82) is 0 Å². The first-order chi connectivity index (χ1) is 16.4. The fourth-order valence-electron chi connectivity index (χ4n) is 5.95. The molecule has 1 saturated carbocycles. The van der Waals surface area contributed by atoms with Crippen molar-refractivity contribution in [2.45, 2.75) is 50.6 Å². The molecule has 2 unspecified atom stereocenters. The molecule has 4 atom stereocenters. The number of nitrogens with zero attached hydrogens (tertiary/aromatic N) is 1. The first-order valence-electron chi connectivity index (χ1n) is 12.1. The number of nitrogens with one attached hydrogen (secondary N) is 1. The van der Waals surface area contributed by atoms with Crippen LogP contribution in [0.4, 0.5) is 4.79 Å². The van der Waals surface area contributed by atoms with E-state index in [9.17, 15) is 19.5 Å². The van der Waals surface area contributed by atoms with Gasteiger partial charge in [0.15, 0.2) is 0 Å². The molecule has 1 heterocycles. The first-order valence-corrected chi connectivity index (χ1v) is 12.1. The summed E-state index contributed by atoms with van der Waals surface area (Å²) in [6, 6.07) is 15.5. The number of carbonyl (C=O) groups excluding carboxylic acids is 2. The first kappa shape index (κ1) is 22.4. The van der Waals surface area contributed by atoms with E-state index < -0.39 is 18.1 Å². The Labute approximate surface area is 199 Å². The fourth-order valence-corrected chi connectivity index (χ4v) is 5.95. The van der Waals surface area contributed by atoms with Gasteiger partial charge in [0.2, 0.25) is 5.91 Å². The monoisotopic (exact) mass is 462 g/mol. The van der Waals surface area contributed by atoms with E-state index in [-0.39, 0.29) is 36.3 Å². The van der Waals surface area contributed by atoms with Gasteiger partial charge in [-0.3, -0.25) is 4.79 Å². The summed E-state index contributed by atoms with van der Waals surface area (Å²) in [5.41, 5.74) is 4.69. The number of carboxylic acid groups (broad SMARTS) is 1. The van der Waals surface area contributed by atoms with Crippen molar-refractivity contribution in [3.63, 3.8) is 0 Å². The average molecular weight is 463 g/mol. The highest BCUT2D eigenvalue weighted by Gasteiger charge is 2.43. The van der Waals surface area contributed by atoms with Gasteiger partial charge < -0.3 is 20.1 Å². The number of amides is 2. The van der Waals surface area contributed by atoms with Crippen LogP contribution in [0, 0.1) is 11.8 Å². The molecule has 5 rings (SSSR count). The van der Waals surface area contributed by atoms with Crippen LogP contribution < -0.4 is 5.32 Å². The Kier molecular flexibility index (Phi) is 6.02. The van der Waals surface area contributed by atoms with Crippen LogP contribution in [0.2, 0.25) is 0 Å². The molecule has 2 aromatic carbocycles. The second kappa shape index (κ2) is 9.12. The average Bonchev–Trinajstić information content (AvgIpc) is 3.53. The van der Waals surface area contributed by atoms with Gasteiger partial charge in [-0.1, -0.05) is 55.5 Å². The number of alkyl carbamates (subject to hydrolysis) is 1. The maximum absolute atomic E-state index is 13.0. The van der Waals surface area contributed by atoms with E-state index in [1.165, 1.54) is 16.0 Å². The Morgan fingerprint density at radius 2 is 1.65 bits per heavy atom. The van der Waals surface area contributed by atoms with Crippen molar-refractivity contribution in [2.75, 3.05) is 13.2 Å². The van der Waals surface area contributed by atoms with Gasteiger partial charge >= 0.3 is 12.1 Å². The predicted octanol–water partition coefficient (Wildman–Crippen LogP) is 4.02. The van der Waals surface area contributed by atoms with E-state index in [0.717, 1.165) is 11.1 Å². The number of carboxylic acids is 1. The van der Waals surface area contributed by atoms with Crippen LogP contribution in [-0.4, -0.2) is 53.2 Å². The zero-order valence-electron chi connectivity index (χ0n) is 19.3. The van der Waals surface area contributed by atoms with Crippen LogP contribution in [-0.2, 0) is 14.3 Å². The van der Waals surface area contributed by atoms with E-state index in [4.69, 9.17) is 4.74 Å². The molecular weight excluding hydrogens is 432 g/mol. The maximum Gasteiger partial charge on any atom is 0.407 e. The van der Waals surface area contributed by atoms with Gasteiger partial charge in [0.1, 0.15) is 12.6 Å². The van der Waals surface area contributed by atoms with Crippen LogP contribution in [0.5, 0.6) is 0 Å². The van der Waals surface area contributed by atoms with Crippen LogP contribution in [0.1, 0.15) is 49.7 Å². The quantitative estimate of drug-likeness (QED) is 0.700. The molecule has 7 heteroatoms. The topological polar surface area (TPSA) is 95.9 Å². The lowest BCUT2D eigenvalue weighted by Gasteiger charge is -2.26. The molecule has 1 saturated heterocycles. The van der Waals surface area contributed by atoms with Crippen molar-refractivity contribution in [1.82, 2.24) is 10.2 Å². The van der Waals surface area contributed by atoms with Gasteiger partial charge in [-0.2, -0.15) is 0 Å². The summed E-state index contributed by atoms with van der Waals surface area (Å²) in [6.07, 6.45) is 2.07. The zero-order chi connectivity index (χ0) is 23.8. The minimum atomic E-state index is -0.940. The SMILES string of the molecule is CC1CCN(C(=O)[C@H]2CC[C@@H](NC(=O)OCC3c4ccccc4-c4ccccc43)C2)C1C(=O)O. The Morgan fingerprint density at radius 1 is 1.00 bits per heavy atom. The normalized spacial score (nSPS) is 25.6. The van der Waals surface area contributed by atoms with Gasteiger partial charge in [-0.25, -0.2) is 9.59 Å². The summed E-state index contributed by atoms with van der Waals surface area (Å²) in [5.74, 6) is -1.34. The minimum absolute atomic E-state index is 0.00108. The molecule has 2 amide bonds. The van der Waals surface area contributed by atoms with Crippen LogP contribution >= 0.6 is 0 Å². The summed E-state index contributed by atoms with van der Waals surface area (Å²) in [4.78, 5) is 38.7. The van der Waals surface area contributed by atoms with E-state index in [1.807, 2.05) is 31.2 Å². The third kappa shape index (κ3) is 4.04. The molecule has 1 aliphatic heterocycles. The molecule has 0 aromatic heterocycles. The molecule has 2 fully saturated rings. The number of ether oxygens (including phenoxy) is 1. The lowest BCUT2D eigenvalue weighted by atomic mass is 9.98.